The maximum absolute atomic E-state index is 10.4. The Morgan fingerprint density at radius 3 is 3.00 bits per heavy atom. The van der Waals surface area contributed by atoms with Crippen LogP contribution in [-0.2, 0) is 16.6 Å². The molecule has 1 saturated carbocycles. The van der Waals surface area contributed by atoms with Crippen LogP contribution in [0, 0.1) is 0 Å². The number of rotatable bonds is 1. The third-order valence-electron chi connectivity index (χ3n) is 7.10. The van der Waals surface area contributed by atoms with Crippen LogP contribution >= 0.6 is 0 Å². The highest BCUT2D eigenvalue weighted by Crippen LogP contribution is 2.66. The summed E-state index contributed by atoms with van der Waals surface area (Å²) in [6, 6.07) is 4.15. The number of hydrogen-bond acceptors (Lipinski definition) is 5. The highest BCUT2D eigenvalue weighted by molar-refractivity contribution is 5.62. The third-order valence-corrected chi connectivity index (χ3v) is 7.10. The Hall–Kier alpha value is -1.30. The molecule has 0 amide bonds. The summed E-state index contributed by atoms with van der Waals surface area (Å²) in [6.45, 7) is 1.01. The molecule has 1 aromatic rings. The first kappa shape index (κ1) is 14.1. The van der Waals surface area contributed by atoms with Gasteiger partial charge in [-0.05, 0) is 50.9 Å². The molecule has 5 atom stereocenters. The minimum Gasteiger partial charge on any atom is -0.504 e. The number of methoxy groups -OCH3 is 1. The van der Waals surface area contributed by atoms with Gasteiger partial charge in [0.05, 0.1) is 11.0 Å². The number of piperidine rings is 1. The minimum atomic E-state index is -0.271. The highest BCUT2D eigenvalue weighted by Gasteiger charge is 2.73. The Balaban J connectivity index is 1.86. The number of likely N-dealkylation sites (tertiary alicyclic amines) is 1. The standard InChI is InChI=1S/C18H24N2O3/c1-20-8-7-17-14-10-3-4-12(21)15(14)23-16(17)11(19)5-6-18(17,22-2)13(20)9-10/h3-4,11,13,16,21H,5-9,19H2,1-2H3/t11-,13-,16+,17+,18-/m1/s1. The normalized spacial score (nSPS) is 43.9. The molecule has 1 spiro atoms. The maximum Gasteiger partial charge on any atom is 0.165 e. The third kappa shape index (κ3) is 1.33. The zero-order valence-electron chi connectivity index (χ0n) is 13.7. The van der Waals surface area contributed by atoms with E-state index < -0.39 is 0 Å². The van der Waals surface area contributed by atoms with Gasteiger partial charge in [-0.3, -0.25) is 0 Å². The molecular formula is C18H24N2O3. The Bertz CT molecular complexity index is 693. The van der Waals surface area contributed by atoms with Crippen molar-refractivity contribution in [2.45, 2.75) is 54.9 Å². The second-order valence-electron chi connectivity index (χ2n) is 7.70. The molecule has 0 aromatic heterocycles. The largest absolute Gasteiger partial charge is 0.504 e. The van der Waals surface area contributed by atoms with E-state index in [1.807, 2.05) is 7.11 Å². The lowest BCUT2D eigenvalue weighted by Crippen LogP contribution is -2.78. The van der Waals surface area contributed by atoms with Crippen molar-refractivity contribution < 1.29 is 14.6 Å². The summed E-state index contributed by atoms with van der Waals surface area (Å²) >= 11 is 0. The van der Waals surface area contributed by atoms with Gasteiger partial charge >= 0.3 is 0 Å². The maximum atomic E-state index is 10.4. The first-order valence-corrected chi connectivity index (χ1v) is 8.58. The molecule has 4 aliphatic rings. The van der Waals surface area contributed by atoms with Crippen LogP contribution in [-0.4, -0.2) is 54.5 Å². The van der Waals surface area contributed by atoms with Crippen molar-refractivity contribution >= 4 is 0 Å². The van der Waals surface area contributed by atoms with Gasteiger partial charge in [0.2, 0.25) is 0 Å². The SMILES string of the molecule is CO[C@@]12CC[C@@H](N)[C@@H]3Oc4c(O)ccc5c4[C@@]31CCN(C)[C@@H]2C5. The summed E-state index contributed by atoms with van der Waals surface area (Å²) in [7, 11) is 4.04. The van der Waals surface area contributed by atoms with Gasteiger partial charge in [-0.1, -0.05) is 6.07 Å². The van der Waals surface area contributed by atoms with Gasteiger partial charge in [-0.15, -0.1) is 0 Å². The van der Waals surface area contributed by atoms with E-state index in [2.05, 4.69) is 18.0 Å². The summed E-state index contributed by atoms with van der Waals surface area (Å²) in [5.74, 6) is 0.899. The number of aromatic hydroxyl groups is 1. The summed E-state index contributed by atoms with van der Waals surface area (Å²) in [5, 5.41) is 10.4. The van der Waals surface area contributed by atoms with Crippen LogP contribution in [0.1, 0.15) is 30.4 Å². The monoisotopic (exact) mass is 316 g/mol. The van der Waals surface area contributed by atoms with Crippen LogP contribution in [0.2, 0.25) is 0 Å². The second kappa shape index (κ2) is 4.21. The predicted molar refractivity (Wildman–Crippen MR) is 85.9 cm³/mol. The molecule has 1 aromatic carbocycles. The molecular weight excluding hydrogens is 292 g/mol. The fourth-order valence-corrected chi connectivity index (χ4v) is 6.18. The average molecular weight is 316 g/mol. The average Bonchev–Trinajstić information content (AvgIpc) is 2.91. The van der Waals surface area contributed by atoms with Crippen molar-refractivity contribution in [1.82, 2.24) is 4.90 Å². The molecule has 2 heterocycles. The van der Waals surface area contributed by atoms with Gasteiger partial charge < -0.3 is 25.2 Å². The van der Waals surface area contributed by atoms with Crippen molar-refractivity contribution in [2.24, 2.45) is 5.73 Å². The molecule has 2 aliphatic carbocycles. The van der Waals surface area contributed by atoms with Crippen LogP contribution in [0.5, 0.6) is 11.5 Å². The van der Waals surface area contributed by atoms with Crippen molar-refractivity contribution in [3.05, 3.63) is 23.3 Å². The molecule has 5 nitrogen and oxygen atoms in total. The Morgan fingerprint density at radius 2 is 2.22 bits per heavy atom. The van der Waals surface area contributed by atoms with Crippen molar-refractivity contribution in [1.29, 1.82) is 0 Å². The predicted octanol–water partition coefficient (Wildman–Crippen LogP) is 1.16. The summed E-state index contributed by atoms with van der Waals surface area (Å²) < 4.78 is 12.6. The fourth-order valence-electron chi connectivity index (χ4n) is 6.18. The number of likely N-dealkylation sites (N-methyl/N-ethyl adjacent to an activating group) is 1. The number of ether oxygens (including phenoxy) is 2. The van der Waals surface area contributed by atoms with Crippen LogP contribution in [0.15, 0.2) is 12.1 Å². The first-order valence-electron chi connectivity index (χ1n) is 8.58. The van der Waals surface area contributed by atoms with Crippen LogP contribution in [0.25, 0.3) is 0 Å². The molecule has 3 N–H and O–H groups in total. The lowest BCUT2D eigenvalue weighted by molar-refractivity contribution is -0.201. The van der Waals surface area contributed by atoms with Crippen LogP contribution < -0.4 is 10.5 Å². The summed E-state index contributed by atoms with van der Waals surface area (Å²) in [6.07, 6.45) is 3.66. The second-order valence-corrected chi connectivity index (χ2v) is 7.70. The zero-order valence-corrected chi connectivity index (χ0v) is 13.7. The minimum absolute atomic E-state index is 0.0138. The van der Waals surface area contributed by atoms with Crippen molar-refractivity contribution in [2.75, 3.05) is 20.7 Å². The number of nitrogens with zero attached hydrogens (tertiary/aromatic N) is 1. The quantitative estimate of drug-likeness (QED) is 0.814. The number of hydrogen-bond donors (Lipinski definition) is 2. The van der Waals surface area contributed by atoms with Gasteiger partial charge in [0.15, 0.2) is 11.5 Å². The van der Waals surface area contributed by atoms with E-state index in [4.69, 9.17) is 15.2 Å². The number of nitrogens with two attached hydrogens (primary N) is 1. The molecule has 1 saturated heterocycles. The van der Waals surface area contributed by atoms with Crippen molar-refractivity contribution in [3.8, 4) is 11.5 Å². The van der Waals surface area contributed by atoms with E-state index in [9.17, 15) is 5.11 Å². The van der Waals surface area contributed by atoms with Gasteiger partial charge in [-0.25, -0.2) is 0 Å². The molecule has 5 rings (SSSR count). The van der Waals surface area contributed by atoms with Gasteiger partial charge in [0.25, 0.3) is 0 Å². The van der Waals surface area contributed by atoms with E-state index >= 15 is 0 Å². The molecule has 124 valence electrons. The van der Waals surface area contributed by atoms with Crippen LogP contribution in [0.3, 0.4) is 0 Å². The smallest absolute Gasteiger partial charge is 0.165 e. The zero-order chi connectivity index (χ0) is 16.0. The fraction of sp³-hybridized carbons (Fsp3) is 0.667. The van der Waals surface area contributed by atoms with E-state index in [-0.39, 0.29) is 28.9 Å². The molecule has 23 heavy (non-hydrogen) atoms. The number of benzene rings is 1. The van der Waals surface area contributed by atoms with Gasteiger partial charge in [-0.2, -0.15) is 0 Å². The van der Waals surface area contributed by atoms with Gasteiger partial charge in [0.1, 0.15) is 6.10 Å². The Kier molecular flexibility index (Phi) is 2.57. The molecule has 0 radical (unpaired) electrons. The van der Waals surface area contributed by atoms with Gasteiger partial charge in [0, 0.05) is 24.8 Å². The first-order chi connectivity index (χ1) is 11.0. The van der Waals surface area contributed by atoms with E-state index in [1.165, 1.54) is 11.1 Å². The molecule has 2 fully saturated rings. The Labute approximate surface area is 136 Å². The molecule has 0 unspecified atom stereocenters. The van der Waals surface area contributed by atoms with Crippen LogP contribution in [0.4, 0.5) is 0 Å². The van der Waals surface area contributed by atoms with E-state index in [1.54, 1.807) is 6.07 Å². The van der Waals surface area contributed by atoms with E-state index in [0.717, 1.165) is 32.2 Å². The molecule has 2 bridgehead atoms. The number of phenols is 1. The van der Waals surface area contributed by atoms with E-state index in [0.29, 0.717) is 11.8 Å². The summed E-state index contributed by atoms with van der Waals surface area (Å²) in [4.78, 5) is 2.44. The molecule has 5 heteroatoms. The molecule has 2 aliphatic heterocycles. The lowest BCUT2D eigenvalue weighted by Gasteiger charge is -2.65. The number of phenolic OH excluding ortho intramolecular Hbond substituents is 1. The topological polar surface area (TPSA) is 68.0 Å². The summed E-state index contributed by atoms with van der Waals surface area (Å²) in [5.41, 5.74) is 8.47. The highest BCUT2D eigenvalue weighted by atomic mass is 16.5. The lowest BCUT2D eigenvalue weighted by atomic mass is 9.48. The Morgan fingerprint density at radius 1 is 1.39 bits per heavy atom. The van der Waals surface area contributed by atoms with Crippen molar-refractivity contribution in [3.63, 3.8) is 0 Å².